The van der Waals surface area contributed by atoms with Crippen molar-refractivity contribution in [1.29, 1.82) is 0 Å². The summed E-state index contributed by atoms with van der Waals surface area (Å²) >= 11 is 4.51. The molecule has 2 aromatic carbocycles. The van der Waals surface area contributed by atoms with Crippen molar-refractivity contribution < 1.29 is 5.11 Å². The molecule has 0 saturated heterocycles. The van der Waals surface area contributed by atoms with Crippen LogP contribution in [0.25, 0.3) is 0 Å². The van der Waals surface area contributed by atoms with Gasteiger partial charge in [0.1, 0.15) is 6.10 Å². The molecule has 0 spiro atoms. The molecule has 0 aliphatic carbocycles. The Morgan fingerprint density at radius 3 is 1.31 bits per heavy atom. The first-order valence-corrected chi connectivity index (χ1v) is 7.01. The van der Waals surface area contributed by atoms with E-state index < -0.39 is 6.10 Å². The third-order valence-corrected chi connectivity index (χ3v) is 3.81. The van der Waals surface area contributed by atoms with E-state index in [1.54, 1.807) is 0 Å². The van der Waals surface area contributed by atoms with Crippen molar-refractivity contribution in [3.63, 3.8) is 0 Å². The molecule has 0 aliphatic rings. The lowest BCUT2D eigenvalue weighted by atomic mass is 10.0. The number of hydrogen-bond donors (Lipinski definition) is 1. The molecule has 0 saturated carbocycles. The van der Waals surface area contributed by atoms with Crippen LogP contribution in [-0.4, -0.2) is 5.11 Å². The molecular formula is C13H10I2O. The van der Waals surface area contributed by atoms with E-state index in [1.165, 1.54) is 7.14 Å². The van der Waals surface area contributed by atoms with E-state index in [0.717, 1.165) is 11.1 Å². The van der Waals surface area contributed by atoms with Crippen LogP contribution in [0, 0.1) is 7.14 Å². The first-order valence-electron chi connectivity index (χ1n) is 4.86. The number of rotatable bonds is 2. The van der Waals surface area contributed by atoms with E-state index in [0.29, 0.717) is 0 Å². The zero-order chi connectivity index (χ0) is 11.5. The average molecular weight is 436 g/mol. The average Bonchev–Trinajstić information content (AvgIpc) is 2.30. The summed E-state index contributed by atoms with van der Waals surface area (Å²) in [5, 5.41) is 10.2. The zero-order valence-electron chi connectivity index (χ0n) is 8.40. The first-order chi connectivity index (χ1) is 7.66. The van der Waals surface area contributed by atoms with E-state index in [4.69, 9.17) is 0 Å². The highest BCUT2D eigenvalue weighted by atomic mass is 127. The molecule has 3 heteroatoms. The van der Waals surface area contributed by atoms with E-state index in [9.17, 15) is 5.11 Å². The summed E-state index contributed by atoms with van der Waals surface area (Å²) in [5.41, 5.74) is 1.86. The molecular weight excluding hydrogens is 426 g/mol. The number of aliphatic hydroxyl groups is 1. The van der Waals surface area contributed by atoms with Gasteiger partial charge in [-0.25, -0.2) is 0 Å². The standard InChI is InChI=1S/C13H10I2O/c14-11-5-1-9(2-6-11)13(16)10-3-7-12(15)8-4-10/h1-8,13,16H. The van der Waals surface area contributed by atoms with Crippen LogP contribution in [0.1, 0.15) is 17.2 Å². The summed E-state index contributed by atoms with van der Waals surface area (Å²) < 4.78 is 2.35. The van der Waals surface area contributed by atoms with Gasteiger partial charge in [0.25, 0.3) is 0 Å². The van der Waals surface area contributed by atoms with Gasteiger partial charge < -0.3 is 5.11 Å². The highest BCUT2D eigenvalue weighted by molar-refractivity contribution is 14.1. The number of benzene rings is 2. The molecule has 2 rings (SSSR count). The zero-order valence-corrected chi connectivity index (χ0v) is 12.7. The molecule has 16 heavy (non-hydrogen) atoms. The lowest BCUT2D eigenvalue weighted by Crippen LogP contribution is -1.99. The van der Waals surface area contributed by atoms with Crippen LogP contribution in [0.4, 0.5) is 0 Å². The molecule has 0 aliphatic heterocycles. The van der Waals surface area contributed by atoms with Gasteiger partial charge in [0.05, 0.1) is 0 Å². The van der Waals surface area contributed by atoms with E-state index in [2.05, 4.69) is 45.2 Å². The largest absolute Gasteiger partial charge is 0.384 e. The van der Waals surface area contributed by atoms with Gasteiger partial charge in [-0.2, -0.15) is 0 Å². The Hall–Kier alpha value is -0.140. The third kappa shape index (κ3) is 2.95. The molecule has 0 radical (unpaired) electrons. The van der Waals surface area contributed by atoms with Crippen molar-refractivity contribution in [2.24, 2.45) is 0 Å². The topological polar surface area (TPSA) is 20.2 Å². The quantitative estimate of drug-likeness (QED) is 0.707. The van der Waals surface area contributed by atoms with Gasteiger partial charge in [-0.1, -0.05) is 24.3 Å². The molecule has 0 amide bonds. The van der Waals surface area contributed by atoms with Gasteiger partial charge in [0.2, 0.25) is 0 Å². The normalized spacial score (nSPS) is 10.8. The Morgan fingerprint density at radius 2 is 1.00 bits per heavy atom. The fourth-order valence-electron chi connectivity index (χ4n) is 1.48. The molecule has 0 atom stereocenters. The summed E-state index contributed by atoms with van der Waals surface area (Å²) in [4.78, 5) is 0. The molecule has 0 aromatic heterocycles. The minimum Gasteiger partial charge on any atom is -0.384 e. The van der Waals surface area contributed by atoms with Crippen molar-refractivity contribution >= 4 is 45.2 Å². The third-order valence-electron chi connectivity index (χ3n) is 2.37. The van der Waals surface area contributed by atoms with Crippen LogP contribution in [0.5, 0.6) is 0 Å². The monoisotopic (exact) mass is 436 g/mol. The number of halogens is 2. The highest BCUT2D eigenvalue weighted by Gasteiger charge is 2.09. The summed E-state index contributed by atoms with van der Waals surface area (Å²) in [7, 11) is 0. The van der Waals surface area contributed by atoms with Crippen molar-refractivity contribution in [2.75, 3.05) is 0 Å². The van der Waals surface area contributed by atoms with Crippen LogP contribution in [0.2, 0.25) is 0 Å². The summed E-state index contributed by atoms with van der Waals surface area (Å²) in [6.07, 6.45) is -0.533. The predicted octanol–water partition coefficient (Wildman–Crippen LogP) is 3.98. The second-order valence-electron chi connectivity index (χ2n) is 3.51. The predicted molar refractivity (Wildman–Crippen MR) is 82.4 cm³/mol. The van der Waals surface area contributed by atoms with Crippen LogP contribution >= 0.6 is 45.2 Å². The minimum absolute atomic E-state index is 0.533. The summed E-state index contributed by atoms with van der Waals surface area (Å²) in [5.74, 6) is 0. The Morgan fingerprint density at radius 1 is 0.688 bits per heavy atom. The van der Waals surface area contributed by atoms with E-state index in [1.807, 2.05) is 48.5 Å². The Balaban J connectivity index is 2.28. The van der Waals surface area contributed by atoms with Crippen LogP contribution in [0.3, 0.4) is 0 Å². The summed E-state index contributed by atoms with van der Waals surface area (Å²) in [6, 6.07) is 15.9. The van der Waals surface area contributed by atoms with Gasteiger partial charge in [-0.3, -0.25) is 0 Å². The Kier molecular flexibility index (Phi) is 4.21. The molecule has 2 aromatic rings. The molecule has 82 valence electrons. The number of aliphatic hydroxyl groups excluding tert-OH is 1. The minimum atomic E-state index is -0.533. The molecule has 1 nitrogen and oxygen atoms in total. The molecule has 1 N–H and O–H groups in total. The second kappa shape index (κ2) is 5.46. The molecule has 0 unspecified atom stereocenters. The van der Waals surface area contributed by atoms with Crippen molar-refractivity contribution in [2.45, 2.75) is 6.10 Å². The lowest BCUT2D eigenvalue weighted by molar-refractivity contribution is 0.220. The van der Waals surface area contributed by atoms with Gasteiger partial charge in [-0.05, 0) is 80.6 Å². The number of hydrogen-bond acceptors (Lipinski definition) is 1. The van der Waals surface area contributed by atoms with Gasteiger partial charge in [-0.15, -0.1) is 0 Å². The van der Waals surface area contributed by atoms with Crippen LogP contribution in [0.15, 0.2) is 48.5 Å². The van der Waals surface area contributed by atoms with Crippen molar-refractivity contribution in [1.82, 2.24) is 0 Å². The highest BCUT2D eigenvalue weighted by Crippen LogP contribution is 2.23. The SMILES string of the molecule is OC(c1ccc(I)cc1)c1ccc(I)cc1. The maximum atomic E-state index is 10.2. The second-order valence-corrected chi connectivity index (χ2v) is 6.00. The van der Waals surface area contributed by atoms with Crippen molar-refractivity contribution in [3.05, 3.63) is 66.8 Å². The maximum Gasteiger partial charge on any atom is 0.104 e. The Labute approximate surface area is 122 Å². The van der Waals surface area contributed by atoms with E-state index in [-0.39, 0.29) is 0 Å². The van der Waals surface area contributed by atoms with Crippen molar-refractivity contribution in [3.8, 4) is 0 Å². The summed E-state index contributed by atoms with van der Waals surface area (Å²) in [6.45, 7) is 0. The van der Waals surface area contributed by atoms with Gasteiger partial charge in [0, 0.05) is 7.14 Å². The van der Waals surface area contributed by atoms with E-state index >= 15 is 0 Å². The molecule has 0 fully saturated rings. The Bertz CT molecular complexity index is 417. The van der Waals surface area contributed by atoms with Gasteiger partial charge in [0.15, 0.2) is 0 Å². The molecule has 0 heterocycles. The van der Waals surface area contributed by atoms with Crippen LogP contribution in [-0.2, 0) is 0 Å². The maximum absolute atomic E-state index is 10.2. The fraction of sp³-hybridized carbons (Fsp3) is 0.0769. The smallest absolute Gasteiger partial charge is 0.104 e. The van der Waals surface area contributed by atoms with Crippen LogP contribution < -0.4 is 0 Å². The molecule has 0 bridgehead atoms. The fourth-order valence-corrected chi connectivity index (χ4v) is 2.20. The van der Waals surface area contributed by atoms with Gasteiger partial charge >= 0.3 is 0 Å². The first kappa shape index (κ1) is 12.3. The lowest BCUT2D eigenvalue weighted by Gasteiger charge is -2.11.